The van der Waals surface area contributed by atoms with Gasteiger partial charge < -0.3 is 10.7 Å². The van der Waals surface area contributed by atoms with Crippen LogP contribution >= 0.6 is 0 Å². The molecule has 0 bridgehead atoms. The topological polar surface area (TPSA) is 102 Å². The molecule has 0 saturated carbocycles. The lowest BCUT2D eigenvalue weighted by Gasteiger charge is -2.04. The van der Waals surface area contributed by atoms with E-state index in [1.165, 1.54) is 24.8 Å². The Morgan fingerprint density at radius 1 is 1.00 bits per heavy atom. The molecule has 0 radical (unpaired) electrons. The molecule has 0 spiro atoms. The predicted octanol–water partition coefficient (Wildman–Crippen LogP) is 4.93. The molecule has 0 saturated heterocycles. The maximum atomic E-state index is 12.5. The van der Waals surface area contributed by atoms with Gasteiger partial charge in [-0.1, -0.05) is 55.7 Å². The fourth-order valence-electron chi connectivity index (χ4n) is 3.85. The first kappa shape index (κ1) is 23.7. The Kier molecular flexibility index (Phi) is 9.47. The van der Waals surface area contributed by atoms with Gasteiger partial charge in [-0.3, -0.25) is 9.48 Å². The number of unbranched alkanes of at least 4 members (excludes halogenated alkanes) is 4. The van der Waals surface area contributed by atoms with Crippen molar-refractivity contribution in [2.24, 2.45) is 0 Å². The molecule has 1 aromatic carbocycles. The highest BCUT2D eigenvalue weighted by Crippen LogP contribution is 2.12. The zero-order chi connectivity index (χ0) is 22.6. The predicted molar refractivity (Wildman–Crippen MR) is 128 cm³/mol. The molecule has 3 aromatic rings. The van der Waals surface area contributed by atoms with Crippen molar-refractivity contribution in [2.75, 3.05) is 5.73 Å². The first-order valence-electron chi connectivity index (χ1n) is 11.9. The zero-order valence-electron chi connectivity index (χ0n) is 19.2. The number of H-pyrrole nitrogens is 1. The molecule has 3 rings (SSSR count). The Morgan fingerprint density at radius 2 is 1.78 bits per heavy atom. The number of aryl methyl sites for hydroxylation is 4. The summed E-state index contributed by atoms with van der Waals surface area (Å²) in [4.78, 5) is 19.5. The van der Waals surface area contributed by atoms with Crippen molar-refractivity contribution in [3.8, 4) is 0 Å². The first-order valence-corrected chi connectivity index (χ1v) is 11.9. The van der Waals surface area contributed by atoms with E-state index in [2.05, 4.69) is 39.3 Å². The molecule has 0 aliphatic carbocycles. The second-order valence-corrected chi connectivity index (χ2v) is 8.51. The van der Waals surface area contributed by atoms with Crippen LogP contribution in [0.1, 0.15) is 85.6 Å². The third-order valence-electron chi connectivity index (χ3n) is 5.75. The van der Waals surface area contributed by atoms with Crippen LogP contribution in [-0.4, -0.2) is 30.7 Å². The second-order valence-electron chi connectivity index (χ2n) is 8.51. The Balaban J connectivity index is 1.30. The standard InChI is InChI=1S/C25H36N6O/c1-2-3-5-9-20-13-15-21(16-14-20)24(32)12-8-17-31-19-23(29-30-31)11-7-4-6-10-22-18-27-25(26)28-22/h13-16,18-19H,2-12,17H2,1H3,(H3,26,27,28). The minimum absolute atomic E-state index is 0.199. The van der Waals surface area contributed by atoms with Crippen molar-refractivity contribution in [1.82, 2.24) is 25.0 Å². The molecule has 7 nitrogen and oxygen atoms in total. The minimum Gasteiger partial charge on any atom is -0.369 e. The SMILES string of the molecule is CCCCCc1ccc(C(=O)CCCn2cc(CCCCCc3cnc(N)[nH]3)nn2)cc1. The molecule has 0 unspecified atom stereocenters. The van der Waals surface area contributed by atoms with Crippen molar-refractivity contribution in [1.29, 1.82) is 0 Å². The molecule has 0 amide bonds. The van der Waals surface area contributed by atoms with Gasteiger partial charge >= 0.3 is 0 Å². The number of ketones is 1. The Labute approximate surface area is 190 Å². The maximum absolute atomic E-state index is 12.5. The maximum Gasteiger partial charge on any atom is 0.197 e. The molecule has 0 aliphatic heterocycles. The average molecular weight is 437 g/mol. The number of anilines is 1. The molecular formula is C25H36N6O. The molecular weight excluding hydrogens is 400 g/mol. The van der Waals surface area contributed by atoms with E-state index >= 15 is 0 Å². The van der Waals surface area contributed by atoms with Crippen molar-refractivity contribution < 1.29 is 4.79 Å². The lowest BCUT2D eigenvalue weighted by Crippen LogP contribution is -2.04. The number of Topliss-reactive ketones (excluding diaryl/α,β-unsaturated/α-hetero) is 1. The Hall–Kier alpha value is -2.96. The number of carbonyl (C=O) groups excluding carboxylic acids is 1. The van der Waals surface area contributed by atoms with Gasteiger partial charge in [0.15, 0.2) is 11.7 Å². The summed E-state index contributed by atoms with van der Waals surface area (Å²) in [6.45, 7) is 2.93. The lowest BCUT2D eigenvalue weighted by atomic mass is 10.0. The quantitative estimate of drug-likeness (QED) is 0.260. The zero-order valence-corrected chi connectivity index (χ0v) is 19.2. The van der Waals surface area contributed by atoms with E-state index in [1.807, 2.05) is 23.0 Å². The number of aromatic amines is 1. The number of nitrogens with one attached hydrogen (secondary N) is 1. The fraction of sp³-hybridized carbons (Fsp3) is 0.520. The number of nitrogens with two attached hydrogens (primary N) is 1. The number of imidazole rings is 1. The van der Waals surface area contributed by atoms with E-state index in [9.17, 15) is 4.79 Å². The largest absolute Gasteiger partial charge is 0.369 e. The van der Waals surface area contributed by atoms with E-state index < -0.39 is 0 Å². The number of nitrogens with zero attached hydrogens (tertiary/aromatic N) is 4. The van der Waals surface area contributed by atoms with Gasteiger partial charge in [-0.05, 0) is 50.5 Å². The number of nitrogen functional groups attached to an aromatic ring is 1. The first-order chi connectivity index (χ1) is 15.6. The molecule has 0 atom stereocenters. The third kappa shape index (κ3) is 7.94. The summed E-state index contributed by atoms with van der Waals surface area (Å²) in [6, 6.07) is 8.13. The van der Waals surface area contributed by atoms with Crippen LogP contribution in [-0.2, 0) is 25.8 Å². The lowest BCUT2D eigenvalue weighted by molar-refractivity contribution is 0.0978. The molecule has 2 heterocycles. The number of hydrogen-bond donors (Lipinski definition) is 2. The van der Waals surface area contributed by atoms with E-state index in [-0.39, 0.29) is 5.78 Å². The number of hydrogen-bond acceptors (Lipinski definition) is 5. The van der Waals surface area contributed by atoms with Crippen molar-refractivity contribution >= 4 is 11.7 Å². The molecule has 2 aromatic heterocycles. The van der Waals surface area contributed by atoms with Gasteiger partial charge in [-0.2, -0.15) is 0 Å². The summed E-state index contributed by atoms with van der Waals surface area (Å²) in [7, 11) is 0. The normalized spacial score (nSPS) is 11.2. The minimum atomic E-state index is 0.199. The van der Waals surface area contributed by atoms with Gasteiger partial charge in [0, 0.05) is 30.4 Å². The van der Waals surface area contributed by atoms with Crippen LogP contribution in [0.3, 0.4) is 0 Å². The van der Waals surface area contributed by atoms with E-state index in [0.29, 0.717) is 12.4 Å². The number of carbonyl (C=O) groups is 1. The smallest absolute Gasteiger partial charge is 0.197 e. The summed E-state index contributed by atoms with van der Waals surface area (Å²) < 4.78 is 1.85. The Morgan fingerprint density at radius 3 is 2.53 bits per heavy atom. The van der Waals surface area contributed by atoms with E-state index in [4.69, 9.17) is 5.73 Å². The molecule has 172 valence electrons. The highest BCUT2D eigenvalue weighted by molar-refractivity contribution is 5.96. The van der Waals surface area contributed by atoms with Gasteiger partial charge in [0.05, 0.1) is 11.9 Å². The van der Waals surface area contributed by atoms with Gasteiger partial charge in [-0.15, -0.1) is 5.10 Å². The van der Waals surface area contributed by atoms with Gasteiger partial charge in [-0.25, -0.2) is 4.98 Å². The van der Waals surface area contributed by atoms with Gasteiger partial charge in [0.1, 0.15) is 0 Å². The highest BCUT2D eigenvalue weighted by atomic mass is 16.1. The number of aromatic nitrogens is 5. The third-order valence-corrected chi connectivity index (χ3v) is 5.75. The van der Waals surface area contributed by atoms with Crippen molar-refractivity contribution in [3.05, 3.63) is 59.2 Å². The Bertz CT molecular complexity index is 944. The summed E-state index contributed by atoms with van der Waals surface area (Å²) in [5.41, 5.74) is 9.82. The monoisotopic (exact) mass is 436 g/mol. The number of rotatable bonds is 15. The van der Waals surface area contributed by atoms with Crippen LogP contribution in [0, 0.1) is 0 Å². The molecule has 0 aliphatic rings. The van der Waals surface area contributed by atoms with Crippen LogP contribution in [0.2, 0.25) is 0 Å². The van der Waals surface area contributed by atoms with Crippen molar-refractivity contribution in [2.45, 2.75) is 84.1 Å². The van der Waals surface area contributed by atoms with Crippen LogP contribution in [0.4, 0.5) is 5.95 Å². The summed E-state index contributed by atoms with van der Waals surface area (Å²) in [5, 5.41) is 8.48. The van der Waals surface area contributed by atoms with Crippen LogP contribution in [0.15, 0.2) is 36.7 Å². The molecule has 7 heteroatoms. The molecule has 0 fully saturated rings. The summed E-state index contributed by atoms with van der Waals surface area (Å²) in [5.74, 6) is 0.679. The second kappa shape index (κ2) is 12.8. The summed E-state index contributed by atoms with van der Waals surface area (Å²) in [6.07, 6.45) is 15.1. The van der Waals surface area contributed by atoms with Crippen LogP contribution < -0.4 is 5.73 Å². The van der Waals surface area contributed by atoms with E-state index in [1.54, 1.807) is 6.20 Å². The van der Waals surface area contributed by atoms with Crippen LogP contribution in [0.25, 0.3) is 0 Å². The van der Waals surface area contributed by atoms with Crippen molar-refractivity contribution in [3.63, 3.8) is 0 Å². The van der Waals surface area contributed by atoms with E-state index in [0.717, 1.165) is 68.4 Å². The summed E-state index contributed by atoms with van der Waals surface area (Å²) >= 11 is 0. The van der Waals surface area contributed by atoms with Gasteiger partial charge in [0.25, 0.3) is 0 Å². The molecule has 3 N–H and O–H groups in total. The number of benzene rings is 1. The average Bonchev–Trinajstić information content (AvgIpc) is 3.43. The van der Waals surface area contributed by atoms with Crippen LogP contribution in [0.5, 0.6) is 0 Å². The fourth-order valence-corrected chi connectivity index (χ4v) is 3.85. The highest BCUT2D eigenvalue weighted by Gasteiger charge is 2.07. The van der Waals surface area contributed by atoms with Gasteiger partial charge in [0.2, 0.25) is 0 Å². The molecule has 32 heavy (non-hydrogen) atoms.